The molecule has 2 atom stereocenters. The van der Waals surface area contributed by atoms with E-state index in [0.717, 1.165) is 6.54 Å². The van der Waals surface area contributed by atoms with Gasteiger partial charge < -0.3 is 10.6 Å². The van der Waals surface area contributed by atoms with Gasteiger partial charge in [0, 0.05) is 18.1 Å². The van der Waals surface area contributed by atoms with Crippen LogP contribution in [0.3, 0.4) is 0 Å². The standard InChI is InChI=1S/C16H33N3O/c1-12(2)19(13(3)4)16(20)11-18(5)15-9-7-6-8-14(15)10-17/h12-15H,6-11,17H2,1-5H3. The number of hydrogen-bond donors (Lipinski definition) is 1. The molecule has 2 N–H and O–H groups in total. The monoisotopic (exact) mass is 283 g/mol. The molecule has 0 spiro atoms. The van der Waals surface area contributed by atoms with Crippen molar-refractivity contribution in [3.63, 3.8) is 0 Å². The molecule has 1 amide bonds. The molecule has 1 rings (SSSR count). The smallest absolute Gasteiger partial charge is 0.237 e. The van der Waals surface area contributed by atoms with Crippen LogP contribution in [-0.4, -0.2) is 54.0 Å². The van der Waals surface area contributed by atoms with E-state index >= 15 is 0 Å². The van der Waals surface area contributed by atoms with Crippen LogP contribution in [0, 0.1) is 5.92 Å². The van der Waals surface area contributed by atoms with Gasteiger partial charge in [0.2, 0.25) is 5.91 Å². The third-order valence-electron chi connectivity index (χ3n) is 4.52. The Balaban J connectivity index is 2.63. The normalized spacial score (nSPS) is 23.6. The van der Waals surface area contributed by atoms with Crippen LogP contribution in [0.15, 0.2) is 0 Å². The predicted molar refractivity (Wildman–Crippen MR) is 84.5 cm³/mol. The van der Waals surface area contributed by atoms with Gasteiger partial charge in [-0.05, 0) is 60.0 Å². The Morgan fingerprint density at radius 1 is 1.15 bits per heavy atom. The maximum absolute atomic E-state index is 12.5. The van der Waals surface area contributed by atoms with Crippen LogP contribution in [0.5, 0.6) is 0 Å². The molecule has 1 fully saturated rings. The fourth-order valence-corrected chi connectivity index (χ4v) is 3.63. The van der Waals surface area contributed by atoms with Crippen molar-refractivity contribution >= 4 is 5.91 Å². The van der Waals surface area contributed by atoms with E-state index in [-0.39, 0.29) is 18.0 Å². The minimum Gasteiger partial charge on any atom is -0.337 e. The molecule has 1 aliphatic carbocycles. The fraction of sp³-hybridized carbons (Fsp3) is 0.938. The van der Waals surface area contributed by atoms with Crippen molar-refractivity contribution in [3.05, 3.63) is 0 Å². The van der Waals surface area contributed by atoms with Crippen LogP contribution in [-0.2, 0) is 4.79 Å². The molecule has 2 unspecified atom stereocenters. The van der Waals surface area contributed by atoms with Gasteiger partial charge in [-0.15, -0.1) is 0 Å². The van der Waals surface area contributed by atoms with Crippen molar-refractivity contribution in [3.8, 4) is 0 Å². The van der Waals surface area contributed by atoms with E-state index in [1.807, 2.05) is 4.90 Å². The van der Waals surface area contributed by atoms with Crippen molar-refractivity contribution in [2.75, 3.05) is 20.1 Å². The highest BCUT2D eigenvalue weighted by Crippen LogP contribution is 2.27. The summed E-state index contributed by atoms with van der Waals surface area (Å²) in [5, 5.41) is 0. The van der Waals surface area contributed by atoms with Crippen molar-refractivity contribution in [1.82, 2.24) is 9.80 Å². The number of amides is 1. The number of hydrogen-bond acceptors (Lipinski definition) is 3. The molecule has 0 bridgehead atoms. The summed E-state index contributed by atoms with van der Waals surface area (Å²) < 4.78 is 0. The highest BCUT2D eigenvalue weighted by molar-refractivity contribution is 5.78. The Labute approximate surface area is 124 Å². The number of nitrogens with zero attached hydrogens (tertiary/aromatic N) is 2. The second-order valence-corrected chi connectivity index (χ2v) is 6.75. The lowest BCUT2D eigenvalue weighted by molar-refractivity contribution is -0.136. The van der Waals surface area contributed by atoms with Gasteiger partial charge in [0.25, 0.3) is 0 Å². The first-order valence-corrected chi connectivity index (χ1v) is 8.10. The van der Waals surface area contributed by atoms with E-state index in [4.69, 9.17) is 5.73 Å². The van der Waals surface area contributed by atoms with Gasteiger partial charge in [0.05, 0.1) is 6.54 Å². The molecule has 1 aliphatic rings. The molecule has 20 heavy (non-hydrogen) atoms. The molecular weight excluding hydrogens is 250 g/mol. The van der Waals surface area contributed by atoms with Gasteiger partial charge in [-0.2, -0.15) is 0 Å². The summed E-state index contributed by atoms with van der Waals surface area (Å²) in [5.41, 5.74) is 5.90. The SMILES string of the molecule is CC(C)N(C(=O)CN(C)C1CCCCC1CN)C(C)C. The van der Waals surface area contributed by atoms with Gasteiger partial charge in [0.1, 0.15) is 0 Å². The predicted octanol–water partition coefficient (Wildman–Crippen LogP) is 2.08. The highest BCUT2D eigenvalue weighted by atomic mass is 16.2. The third-order valence-corrected chi connectivity index (χ3v) is 4.52. The summed E-state index contributed by atoms with van der Waals surface area (Å²) in [5.74, 6) is 0.784. The number of carbonyl (C=O) groups is 1. The van der Waals surface area contributed by atoms with Crippen LogP contribution in [0.1, 0.15) is 53.4 Å². The first-order chi connectivity index (χ1) is 9.38. The largest absolute Gasteiger partial charge is 0.337 e. The van der Waals surface area contributed by atoms with Crippen LogP contribution in [0.25, 0.3) is 0 Å². The number of nitrogens with two attached hydrogens (primary N) is 1. The van der Waals surface area contributed by atoms with Gasteiger partial charge in [-0.1, -0.05) is 12.8 Å². The van der Waals surface area contributed by atoms with Crippen LogP contribution in [0.2, 0.25) is 0 Å². The Morgan fingerprint density at radius 2 is 1.70 bits per heavy atom. The maximum Gasteiger partial charge on any atom is 0.237 e. The lowest BCUT2D eigenvalue weighted by Crippen LogP contribution is -2.50. The van der Waals surface area contributed by atoms with Crippen molar-refractivity contribution in [2.24, 2.45) is 11.7 Å². The van der Waals surface area contributed by atoms with Crippen molar-refractivity contribution in [1.29, 1.82) is 0 Å². The third kappa shape index (κ3) is 4.45. The van der Waals surface area contributed by atoms with E-state index in [2.05, 4.69) is 39.6 Å². The molecule has 0 aromatic carbocycles. The van der Waals surface area contributed by atoms with Gasteiger partial charge in [-0.25, -0.2) is 0 Å². The second-order valence-electron chi connectivity index (χ2n) is 6.75. The lowest BCUT2D eigenvalue weighted by atomic mass is 9.83. The van der Waals surface area contributed by atoms with E-state index < -0.39 is 0 Å². The van der Waals surface area contributed by atoms with Gasteiger partial charge in [0.15, 0.2) is 0 Å². The van der Waals surface area contributed by atoms with E-state index in [1.54, 1.807) is 0 Å². The number of carbonyl (C=O) groups excluding carboxylic acids is 1. The summed E-state index contributed by atoms with van der Waals surface area (Å²) in [4.78, 5) is 16.7. The molecule has 1 saturated carbocycles. The second kappa shape index (κ2) is 7.99. The molecule has 4 nitrogen and oxygen atoms in total. The first-order valence-electron chi connectivity index (χ1n) is 8.10. The molecule has 118 valence electrons. The zero-order valence-electron chi connectivity index (χ0n) is 13.9. The first kappa shape index (κ1) is 17.4. The molecule has 0 radical (unpaired) electrons. The zero-order valence-corrected chi connectivity index (χ0v) is 13.9. The van der Waals surface area contributed by atoms with Gasteiger partial charge >= 0.3 is 0 Å². The number of likely N-dealkylation sites (N-methyl/N-ethyl adjacent to an activating group) is 1. The van der Waals surface area contributed by atoms with E-state index in [1.165, 1.54) is 25.7 Å². The van der Waals surface area contributed by atoms with E-state index in [0.29, 0.717) is 18.5 Å². The highest BCUT2D eigenvalue weighted by Gasteiger charge is 2.30. The Morgan fingerprint density at radius 3 is 2.20 bits per heavy atom. The van der Waals surface area contributed by atoms with Crippen LogP contribution in [0.4, 0.5) is 0 Å². The fourth-order valence-electron chi connectivity index (χ4n) is 3.63. The molecule has 0 aromatic rings. The molecule has 0 saturated heterocycles. The molecule has 0 heterocycles. The van der Waals surface area contributed by atoms with Crippen molar-refractivity contribution in [2.45, 2.75) is 71.5 Å². The Kier molecular flexibility index (Phi) is 6.96. The Hall–Kier alpha value is -0.610. The average molecular weight is 283 g/mol. The zero-order chi connectivity index (χ0) is 15.3. The van der Waals surface area contributed by atoms with Gasteiger partial charge in [-0.3, -0.25) is 9.69 Å². The summed E-state index contributed by atoms with van der Waals surface area (Å²) in [7, 11) is 2.08. The summed E-state index contributed by atoms with van der Waals surface area (Å²) >= 11 is 0. The molecule has 4 heteroatoms. The average Bonchev–Trinajstić information content (AvgIpc) is 2.37. The maximum atomic E-state index is 12.5. The minimum absolute atomic E-state index is 0.235. The number of rotatable bonds is 6. The quantitative estimate of drug-likeness (QED) is 0.812. The van der Waals surface area contributed by atoms with Crippen LogP contribution >= 0.6 is 0 Å². The molecular formula is C16H33N3O. The molecule has 0 aromatic heterocycles. The lowest BCUT2D eigenvalue weighted by Gasteiger charge is -2.39. The molecule has 0 aliphatic heterocycles. The van der Waals surface area contributed by atoms with Crippen molar-refractivity contribution < 1.29 is 4.79 Å². The van der Waals surface area contributed by atoms with E-state index in [9.17, 15) is 4.79 Å². The Bertz CT molecular complexity index is 296. The summed E-state index contributed by atoms with van der Waals surface area (Å²) in [6, 6.07) is 0.985. The topological polar surface area (TPSA) is 49.6 Å². The summed E-state index contributed by atoms with van der Waals surface area (Å²) in [6.45, 7) is 9.59. The van der Waals surface area contributed by atoms with Crippen LogP contribution < -0.4 is 5.73 Å². The summed E-state index contributed by atoms with van der Waals surface area (Å²) in [6.07, 6.45) is 4.93. The minimum atomic E-state index is 0.235.